The van der Waals surface area contributed by atoms with E-state index in [2.05, 4.69) is 60.6 Å². The van der Waals surface area contributed by atoms with Crippen LogP contribution in [0, 0.1) is 0 Å². The molecule has 2 atom stereocenters. The van der Waals surface area contributed by atoms with Gasteiger partial charge in [-0.1, -0.05) is 43.2 Å². The van der Waals surface area contributed by atoms with E-state index in [1.165, 1.54) is 42.5 Å². The van der Waals surface area contributed by atoms with E-state index in [4.69, 9.17) is 9.97 Å². The highest BCUT2D eigenvalue weighted by molar-refractivity contribution is 5.62. The Morgan fingerprint density at radius 2 is 1.84 bits per heavy atom. The van der Waals surface area contributed by atoms with Gasteiger partial charge in [0.15, 0.2) is 0 Å². The maximum absolute atomic E-state index is 5.14. The van der Waals surface area contributed by atoms with Crippen molar-refractivity contribution in [2.75, 3.05) is 36.4 Å². The molecule has 196 valence electrons. The van der Waals surface area contributed by atoms with Crippen molar-refractivity contribution in [1.82, 2.24) is 36.1 Å². The van der Waals surface area contributed by atoms with Crippen molar-refractivity contribution in [3.63, 3.8) is 0 Å². The third-order valence-electron chi connectivity index (χ3n) is 7.88. The lowest BCUT2D eigenvalue weighted by molar-refractivity contribution is 0.314. The van der Waals surface area contributed by atoms with Crippen LogP contribution in [0.1, 0.15) is 55.3 Å². The number of nitrogens with zero attached hydrogens (tertiary/aromatic N) is 4. The van der Waals surface area contributed by atoms with Crippen LogP contribution in [0.15, 0.2) is 36.5 Å². The van der Waals surface area contributed by atoms with Crippen LogP contribution < -0.4 is 26.2 Å². The van der Waals surface area contributed by atoms with Crippen molar-refractivity contribution in [3.8, 4) is 11.3 Å². The Labute approximate surface area is 219 Å². The molecule has 37 heavy (non-hydrogen) atoms. The summed E-state index contributed by atoms with van der Waals surface area (Å²) in [4.78, 5) is 12.7. The summed E-state index contributed by atoms with van der Waals surface area (Å²) in [6, 6.07) is 10.6. The summed E-state index contributed by atoms with van der Waals surface area (Å²) in [6.07, 6.45) is 10.3. The molecule has 2 fully saturated rings. The fraction of sp³-hybridized carbons (Fsp3) is 0.536. The monoisotopic (exact) mass is 501 g/mol. The second-order valence-electron chi connectivity index (χ2n) is 10.5. The quantitative estimate of drug-likeness (QED) is 0.336. The molecule has 5 heterocycles. The molecule has 3 aliphatic heterocycles. The average Bonchev–Trinajstić information content (AvgIpc) is 3.25. The lowest BCUT2D eigenvalue weighted by Gasteiger charge is -2.35. The molecule has 5 N–H and O–H groups in total. The van der Waals surface area contributed by atoms with Crippen LogP contribution in [-0.2, 0) is 19.5 Å². The fourth-order valence-electron chi connectivity index (χ4n) is 5.88. The maximum Gasteiger partial charge on any atom is 0.225 e. The topological polar surface area (TPSA) is 106 Å². The minimum atomic E-state index is 0.121. The summed E-state index contributed by atoms with van der Waals surface area (Å²) in [5.41, 5.74) is 5.89. The number of hydrogen-bond acceptors (Lipinski definition) is 8. The second-order valence-corrected chi connectivity index (χ2v) is 10.5. The zero-order chi connectivity index (χ0) is 24.9. The normalized spacial score (nSPS) is 22.3. The van der Waals surface area contributed by atoms with Crippen LogP contribution in [0.3, 0.4) is 0 Å². The molecule has 1 aromatic carbocycles. The standard InChI is InChI=1S/C28H39N9/c1-2-7-16-37(15-6-1)27-22-19-29-14-12-23(22)33-28(35-27)34-24-11-8-13-30-26(24)31-17-21-18-32-36-25(21)20-9-4-3-5-10-20/h3-5,9-10,18,24,26,29-31H,1-2,6-8,11-17,19H2,(H,32,36)(H,33,34,35). The molecular formula is C28H39N9. The van der Waals surface area contributed by atoms with Gasteiger partial charge in [-0.15, -0.1) is 0 Å². The SMILES string of the molecule is c1ccc(-c2[nH]ncc2CNC2NCCCC2Nc2nc3c(c(N4CCCCCC4)n2)CNCC3)cc1. The lowest BCUT2D eigenvalue weighted by Crippen LogP contribution is -2.56. The Bertz CT molecular complexity index is 1150. The van der Waals surface area contributed by atoms with Crippen LogP contribution >= 0.6 is 0 Å². The van der Waals surface area contributed by atoms with Gasteiger partial charge in [0.1, 0.15) is 5.82 Å². The van der Waals surface area contributed by atoms with Crippen LogP contribution in [0.4, 0.5) is 11.8 Å². The predicted octanol–water partition coefficient (Wildman–Crippen LogP) is 3.17. The van der Waals surface area contributed by atoms with E-state index in [-0.39, 0.29) is 12.2 Å². The molecule has 6 rings (SSSR count). The molecule has 3 aromatic rings. The highest BCUT2D eigenvalue weighted by Gasteiger charge is 2.28. The largest absolute Gasteiger partial charge is 0.356 e. The molecule has 0 spiro atoms. The average molecular weight is 502 g/mol. The Kier molecular flexibility index (Phi) is 7.62. The molecule has 0 saturated carbocycles. The van der Waals surface area contributed by atoms with E-state index >= 15 is 0 Å². The first-order valence-corrected chi connectivity index (χ1v) is 14.0. The molecule has 0 amide bonds. The number of anilines is 2. The number of rotatable bonds is 7. The second kappa shape index (κ2) is 11.6. The third kappa shape index (κ3) is 5.63. The Morgan fingerprint density at radius 1 is 0.973 bits per heavy atom. The number of aromatic amines is 1. The molecule has 2 aromatic heterocycles. The van der Waals surface area contributed by atoms with E-state index < -0.39 is 0 Å². The molecule has 3 aliphatic rings. The number of H-pyrrole nitrogens is 1. The summed E-state index contributed by atoms with van der Waals surface area (Å²) in [5.74, 6) is 1.91. The summed E-state index contributed by atoms with van der Waals surface area (Å²) < 4.78 is 0. The van der Waals surface area contributed by atoms with Crippen molar-refractivity contribution in [2.24, 2.45) is 0 Å². The molecule has 0 bridgehead atoms. The highest BCUT2D eigenvalue weighted by atomic mass is 15.3. The van der Waals surface area contributed by atoms with Crippen molar-refractivity contribution in [3.05, 3.63) is 53.3 Å². The minimum Gasteiger partial charge on any atom is -0.356 e. The summed E-state index contributed by atoms with van der Waals surface area (Å²) >= 11 is 0. The maximum atomic E-state index is 5.14. The van der Waals surface area contributed by atoms with Gasteiger partial charge in [0.2, 0.25) is 5.95 Å². The van der Waals surface area contributed by atoms with Gasteiger partial charge in [-0.2, -0.15) is 10.1 Å². The Balaban J connectivity index is 1.19. The zero-order valence-electron chi connectivity index (χ0n) is 21.6. The van der Waals surface area contributed by atoms with E-state index in [1.807, 2.05) is 12.3 Å². The summed E-state index contributed by atoms with van der Waals surface area (Å²) in [6.45, 7) is 5.76. The number of piperidine rings is 1. The van der Waals surface area contributed by atoms with Crippen LogP contribution in [0.2, 0.25) is 0 Å². The van der Waals surface area contributed by atoms with Gasteiger partial charge >= 0.3 is 0 Å². The van der Waals surface area contributed by atoms with Crippen LogP contribution in [0.25, 0.3) is 11.3 Å². The van der Waals surface area contributed by atoms with Crippen molar-refractivity contribution < 1.29 is 0 Å². The van der Waals surface area contributed by atoms with Crippen molar-refractivity contribution >= 4 is 11.8 Å². The molecule has 0 aliphatic carbocycles. The predicted molar refractivity (Wildman–Crippen MR) is 147 cm³/mol. The van der Waals surface area contributed by atoms with Gasteiger partial charge in [-0.25, -0.2) is 4.98 Å². The van der Waals surface area contributed by atoms with E-state index in [0.29, 0.717) is 0 Å². The van der Waals surface area contributed by atoms with Gasteiger partial charge in [-0.3, -0.25) is 10.4 Å². The molecule has 2 saturated heterocycles. The number of nitrogens with one attached hydrogen (secondary N) is 5. The molecule has 9 heteroatoms. The molecule has 9 nitrogen and oxygen atoms in total. The minimum absolute atomic E-state index is 0.121. The summed E-state index contributed by atoms with van der Waals surface area (Å²) in [7, 11) is 0. The zero-order valence-corrected chi connectivity index (χ0v) is 21.6. The van der Waals surface area contributed by atoms with E-state index in [0.717, 1.165) is 81.6 Å². The first-order chi connectivity index (χ1) is 18.3. The number of fused-ring (bicyclic) bond motifs is 1. The van der Waals surface area contributed by atoms with Gasteiger partial charge in [0.05, 0.1) is 29.8 Å². The first-order valence-electron chi connectivity index (χ1n) is 14.0. The van der Waals surface area contributed by atoms with Crippen molar-refractivity contribution in [2.45, 2.75) is 70.2 Å². The third-order valence-corrected chi connectivity index (χ3v) is 7.88. The van der Waals surface area contributed by atoms with Gasteiger partial charge in [0.25, 0.3) is 0 Å². The lowest BCUT2D eigenvalue weighted by atomic mass is 10.0. The number of benzene rings is 1. The van der Waals surface area contributed by atoms with Crippen LogP contribution in [-0.4, -0.2) is 58.6 Å². The first kappa shape index (κ1) is 24.3. The Morgan fingerprint density at radius 3 is 2.70 bits per heavy atom. The Hall–Kier alpha value is -3.01. The number of hydrogen-bond donors (Lipinski definition) is 5. The van der Waals surface area contributed by atoms with Crippen LogP contribution in [0.5, 0.6) is 0 Å². The fourth-order valence-corrected chi connectivity index (χ4v) is 5.88. The number of aromatic nitrogens is 4. The highest BCUT2D eigenvalue weighted by Crippen LogP contribution is 2.28. The van der Waals surface area contributed by atoms with Gasteiger partial charge in [-0.05, 0) is 37.8 Å². The van der Waals surface area contributed by atoms with E-state index in [1.54, 1.807) is 0 Å². The molecule has 2 unspecified atom stereocenters. The van der Waals surface area contributed by atoms with Gasteiger partial charge < -0.3 is 20.9 Å². The molecular weight excluding hydrogens is 462 g/mol. The smallest absolute Gasteiger partial charge is 0.225 e. The summed E-state index contributed by atoms with van der Waals surface area (Å²) in [5, 5.41) is 22.2. The van der Waals surface area contributed by atoms with Gasteiger partial charge in [0, 0.05) is 50.3 Å². The van der Waals surface area contributed by atoms with Crippen molar-refractivity contribution in [1.29, 1.82) is 0 Å². The van der Waals surface area contributed by atoms with E-state index in [9.17, 15) is 0 Å². The molecule has 0 radical (unpaired) electrons.